The van der Waals surface area contributed by atoms with Gasteiger partial charge in [0, 0.05) is 43.4 Å². The third kappa shape index (κ3) is 7.73. The van der Waals surface area contributed by atoms with Crippen LogP contribution in [0.4, 0.5) is 5.69 Å². The molecule has 0 atom stereocenters. The maximum absolute atomic E-state index is 5.98. The first-order chi connectivity index (χ1) is 9.47. The summed E-state index contributed by atoms with van der Waals surface area (Å²) in [5.74, 6) is 0.698. The van der Waals surface area contributed by atoms with Gasteiger partial charge in [0.1, 0.15) is 0 Å². The van der Waals surface area contributed by atoms with E-state index >= 15 is 0 Å². The third-order valence-corrected chi connectivity index (χ3v) is 3.30. The summed E-state index contributed by atoms with van der Waals surface area (Å²) < 4.78 is 0. The van der Waals surface area contributed by atoms with Gasteiger partial charge in [0.15, 0.2) is 0 Å². The lowest BCUT2D eigenvalue weighted by molar-refractivity contribution is 0.226. The Kier molecular flexibility index (Phi) is 7.97. The standard InChI is InChI=1S/C16H28ClN3/c1-14(2)13-20(11-10-19(3)4)9-8-18-16-7-5-6-15(17)12-16/h5-7,12,14,18H,8-11,13H2,1-4H3. The average Bonchev–Trinajstić information content (AvgIpc) is 2.35. The Morgan fingerprint density at radius 1 is 1.15 bits per heavy atom. The van der Waals surface area contributed by atoms with Crippen LogP contribution in [0.15, 0.2) is 24.3 Å². The van der Waals surface area contributed by atoms with Gasteiger partial charge in [-0.2, -0.15) is 0 Å². The first-order valence-corrected chi connectivity index (χ1v) is 7.71. The second-order valence-electron chi connectivity index (χ2n) is 5.93. The van der Waals surface area contributed by atoms with E-state index in [9.17, 15) is 0 Å². The molecule has 0 saturated carbocycles. The summed E-state index contributed by atoms with van der Waals surface area (Å²) in [5, 5.41) is 4.22. The molecule has 0 aliphatic carbocycles. The van der Waals surface area contributed by atoms with E-state index in [1.54, 1.807) is 0 Å². The molecule has 0 aliphatic rings. The number of hydrogen-bond donors (Lipinski definition) is 1. The van der Waals surface area contributed by atoms with Crippen molar-refractivity contribution >= 4 is 17.3 Å². The number of rotatable bonds is 9. The summed E-state index contributed by atoms with van der Waals surface area (Å²) >= 11 is 5.98. The number of halogens is 1. The number of benzene rings is 1. The zero-order valence-electron chi connectivity index (χ0n) is 13.2. The highest BCUT2D eigenvalue weighted by Crippen LogP contribution is 2.14. The fraction of sp³-hybridized carbons (Fsp3) is 0.625. The van der Waals surface area contributed by atoms with E-state index < -0.39 is 0 Å². The van der Waals surface area contributed by atoms with Gasteiger partial charge in [-0.1, -0.05) is 31.5 Å². The van der Waals surface area contributed by atoms with Crippen molar-refractivity contribution in [2.75, 3.05) is 52.1 Å². The molecule has 0 unspecified atom stereocenters. The van der Waals surface area contributed by atoms with Crippen LogP contribution in [0, 0.1) is 5.92 Å². The van der Waals surface area contributed by atoms with Crippen molar-refractivity contribution in [3.8, 4) is 0 Å². The predicted molar refractivity (Wildman–Crippen MR) is 89.8 cm³/mol. The second-order valence-corrected chi connectivity index (χ2v) is 6.37. The largest absolute Gasteiger partial charge is 0.384 e. The summed E-state index contributed by atoms with van der Waals surface area (Å²) in [7, 11) is 4.25. The maximum Gasteiger partial charge on any atom is 0.0426 e. The smallest absolute Gasteiger partial charge is 0.0426 e. The number of nitrogens with zero attached hydrogens (tertiary/aromatic N) is 2. The normalized spacial score (nSPS) is 11.6. The van der Waals surface area contributed by atoms with E-state index in [1.807, 2.05) is 18.2 Å². The zero-order valence-corrected chi connectivity index (χ0v) is 14.0. The van der Waals surface area contributed by atoms with Crippen LogP contribution in [0.5, 0.6) is 0 Å². The lowest BCUT2D eigenvalue weighted by Gasteiger charge is -2.26. The average molecular weight is 298 g/mol. The van der Waals surface area contributed by atoms with Crippen molar-refractivity contribution in [2.24, 2.45) is 5.92 Å². The van der Waals surface area contributed by atoms with Crippen molar-refractivity contribution in [1.29, 1.82) is 0 Å². The monoisotopic (exact) mass is 297 g/mol. The lowest BCUT2D eigenvalue weighted by Crippen LogP contribution is -2.37. The van der Waals surface area contributed by atoms with Crippen molar-refractivity contribution in [1.82, 2.24) is 9.80 Å². The first-order valence-electron chi connectivity index (χ1n) is 7.34. The van der Waals surface area contributed by atoms with Crippen LogP contribution in [0.3, 0.4) is 0 Å². The van der Waals surface area contributed by atoms with Gasteiger partial charge in [0.2, 0.25) is 0 Å². The van der Waals surface area contributed by atoms with Crippen molar-refractivity contribution in [2.45, 2.75) is 13.8 Å². The molecule has 1 aromatic carbocycles. The minimum atomic E-state index is 0.698. The number of anilines is 1. The predicted octanol–water partition coefficient (Wildman–Crippen LogP) is 3.27. The van der Waals surface area contributed by atoms with Gasteiger partial charge in [0.25, 0.3) is 0 Å². The van der Waals surface area contributed by atoms with Gasteiger partial charge in [0.05, 0.1) is 0 Å². The Hall–Kier alpha value is -0.770. The quantitative estimate of drug-likeness (QED) is 0.755. The molecule has 0 aliphatic heterocycles. The minimum absolute atomic E-state index is 0.698. The Morgan fingerprint density at radius 2 is 1.90 bits per heavy atom. The summed E-state index contributed by atoms with van der Waals surface area (Å²) in [6.07, 6.45) is 0. The molecule has 0 radical (unpaired) electrons. The van der Waals surface area contributed by atoms with E-state index in [1.165, 1.54) is 0 Å². The molecule has 4 heteroatoms. The first kappa shape index (κ1) is 17.3. The summed E-state index contributed by atoms with van der Waals surface area (Å²) in [5.41, 5.74) is 1.09. The topological polar surface area (TPSA) is 18.5 Å². The van der Waals surface area contributed by atoms with Crippen LogP contribution in [-0.2, 0) is 0 Å². The van der Waals surface area contributed by atoms with Crippen molar-refractivity contribution < 1.29 is 0 Å². The highest BCUT2D eigenvalue weighted by atomic mass is 35.5. The van der Waals surface area contributed by atoms with Crippen LogP contribution in [-0.4, -0.2) is 56.6 Å². The van der Waals surface area contributed by atoms with Gasteiger partial charge in [-0.3, -0.25) is 0 Å². The molecule has 20 heavy (non-hydrogen) atoms. The molecule has 0 fully saturated rings. The molecular formula is C16H28ClN3. The second kappa shape index (κ2) is 9.22. The fourth-order valence-electron chi connectivity index (χ4n) is 2.11. The molecule has 114 valence electrons. The third-order valence-electron chi connectivity index (χ3n) is 3.07. The van der Waals surface area contributed by atoms with Gasteiger partial charge in [-0.05, 0) is 38.2 Å². The van der Waals surface area contributed by atoms with Crippen LogP contribution < -0.4 is 5.32 Å². The molecule has 0 amide bonds. The SMILES string of the molecule is CC(C)CN(CCNc1cccc(Cl)c1)CCN(C)C. The van der Waals surface area contributed by atoms with Crippen LogP contribution in [0.1, 0.15) is 13.8 Å². The summed E-state index contributed by atoms with van der Waals surface area (Å²) in [6, 6.07) is 7.89. The zero-order chi connectivity index (χ0) is 15.0. The van der Waals surface area contributed by atoms with E-state index in [2.05, 4.69) is 49.1 Å². The summed E-state index contributed by atoms with van der Waals surface area (Å²) in [6.45, 7) is 9.90. The molecule has 0 spiro atoms. The molecule has 0 bridgehead atoms. The van der Waals surface area contributed by atoms with E-state index in [0.717, 1.165) is 43.4 Å². The fourth-order valence-corrected chi connectivity index (χ4v) is 2.30. The molecule has 1 aromatic rings. The van der Waals surface area contributed by atoms with Crippen LogP contribution in [0.25, 0.3) is 0 Å². The van der Waals surface area contributed by atoms with Crippen molar-refractivity contribution in [3.05, 3.63) is 29.3 Å². The maximum atomic E-state index is 5.98. The lowest BCUT2D eigenvalue weighted by atomic mass is 10.2. The molecule has 0 heterocycles. The van der Waals surface area contributed by atoms with Gasteiger partial charge >= 0.3 is 0 Å². The number of likely N-dealkylation sites (N-methyl/N-ethyl adjacent to an activating group) is 1. The van der Waals surface area contributed by atoms with E-state index in [4.69, 9.17) is 11.6 Å². The van der Waals surface area contributed by atoms with Crippen LogP contribution >= 0.6 is 11.6 Å². The number of nitrogens with one attached hydrogen (secondary N) is 1. The highest BCUT2D eigenvalue weighted by molar-refractivity contribution is 6.30. The van der Waals surface area contributed by atoms with E-state index in [-0.39, 0.29) is 0 Å². The Bertz CT molecular complexity index is 380. The summed E-state index contributed by atoms with van der Waals surface area (Å²) in [4.78, 5) is 4.75. The van der Waals surface area contributed by atoms with Crippen molar-refractivity contribution in [3.63, 3.8) is 0 Å². The molecular weight excluding hydrogens is 270 g/mol. The van der Waals surface area contributed by atoms with Crippen LogP contribution in [0.2, 0.25) is 5.02 Å². The van der Waals surface area contributed by atoms with Gasteiger partial charge < -0.3 is 15.1 Å². The molecule has 3 nitrogen and oxygen atoms in total. The van der Waals surface area contributed by atoms with E-state index in [0.29, 0.717) is 5.92 Å². The van der Waals surface area contributed by atoms with Gasteiger partial charge in [-0.15, -0.1) is 0 Å². The molecule has 1 N–H and O–H groups in total. The molecule has 0 aromatic heterocycles. The highest BCUT2D eigenvalue weighted by Gasteiger charge is 2.07. The molecule has 0 saturated heterocycles. The Balaban J connectivity index is 2.37. The minimum Gasteiger partial charge on any atom is -0.384 e. The van der Waals surface area contributed by atoms with Gasteiger partial charge in [-0.25, -0.2) is 0 Å². The molecule has 1 rings (SSSR count). The number of hydrogen-bond acceptors (Lipinski definition) is 3. The Labute approximate surface area is 128 Å². The Morgan fingerprint density at radius 3 is 2.50 bits per heavy atom.